The molecular formula is C17H19ClFNS. The number of benzene rings is 1. The van der Waals surface area contributed by atoms with Crippen molar-refractivity contribution in [3.63, 3.8) is 0 Å². The zero-order valence-corrected chi connectivity index (χ0v) is 13.4. The third-order valence-electron chi connectivity index (χ3n) is 4.10. The van der Waals surface area contributed by atoms with Crippen molar-refractivity contribution in [1.29, 1.82) is 0 Å². The fourth-order valence-corrected chi connectivity index (χ4v) is 4.37. The number of hydrogen-bond donors (Lipinski definition) is 1. The van der Waals surface area contributed by atoms with E-state index in [2.05, 4.69) is 6.07 Å². The lowest BCUT2D eigenvalue weighted by Crippen LogP contribution is -2.12. The molecule has 0 spiro atoms. The van der Waals surface area contributed by atoms with Gasteiger partial charge in [0.25, 0.3) is 0 Å². The molecule has 1 aromatic heterocycles. The minimum absolute atomic E-state index is 0.158. The highest BCUT2D eigenvalue weighted by atomic mass is 35.5. The van der Waals surface area contributed by atoms with E-state index >= 15 is 0 Å². The van der Waals surface area contributed by atoms with E-state index in [-0.39, 0.29) is 16.9 Å². The van der Waals surface area contributed by atoms with Crippen LogP contribution in [0.4, 0.5) is 4.39 Å². The lowest BCUT2D eigenvalue weighted by atomic mass is 10.0. The number of nitrogens with two attached hydrogens (primary N) is 1. The second-order valence-corrected chi connectivity index (χ2v) is 7.26. The van der Waals surface area contributed by atoms with Crippen molar-refractivity contribution in [1.82, 2.24) is 0 Å². The van der Waals surface area contributed by atoms with E-state index in [1.165, 1.54) is 34.6 Å². The molecule has 0 fully saturated rings. The number of hydrogen-bond acceptors (Lipinski definition) is 2. The molecule has 1 aliphatic carbocycles. The van der Waals surface area contributed by atoms with E-state index in [4.69, 9.17) is 17.3 Å². The van der Waals surface area contributed by atoms with Gasteiger partial charge in [0, 0.05) is 15.8 Å². The average molecular weight is 324 g/mol. The Labute approximate surface area is 133 Å². The van der Waals surface area contributed by atoms with Gasteiger partial charge in [0.15, 0.2) is 0 Å². The zero-order valence-electron chi connectivity index (χ0n) is 11.9. The SMILES string of the molecule is NC(Cc1cccc(Cl)c1F)c1cc2c(s1)CCCCC2. The maximum atomic E-state index is 14.0. The van der Waals surface area contributed by atoms with Crippen molar-refractivity contribution in [2.24, 2.45) is 5.73 Å². The van der Waals surface area contributed by atoms with Gasteiger partial charge in [-0.1, -0.05) is 30.2 Å². The summed E-state index contributed by atoms with van der Waals surface area (Å²) in [5.74, 6) is -0.340. The molecule has 0 aliphatic heterocycles. The number of thiophene rings is 1. The fourth-order valence-electron chi connectivity index (χ4n) is 2.92. The molecule has 0 radical (unpaired) electrons. The highest BCUT2D eigenvalue weighted by molar-refractivity contribution is 7.12. The first kappa shape index (κ1) is 15.0. The molecule has 1 heterocycles. The molecule has 0 bridgehead atoms. The first-order valence-corrected chi connectivity index (χ1v) is 8.64. The minimum atomic E-state index is -0.340. The van der Waals surface area contributed by atoms with Crippen LogP contribution in [-0.2, 0) is 19.3 Å². The molecule has 2 aromatic rings. The van der Waals surface area contributed by atoms with Crippen LogP contribution in [0.25, 0.3) is 0 Å². The third-order valence-corrected chi connectivity index (χ3v) is 5.76. The predicted octanol–water partition coefficient (Wildman–Crippen LogP) is 5.05. The molecule has 0 saturated carbocycles. The van der Waals surface area contributed by atoms with Gasteiger partial charge in [0.05, 0.1) is 5.02 Å². The Morgan fingerprint density at radius 3 is 2.90 bits per heavy atom. The van der Waals surface area contributed by atoms with Crippen molar-refractivity contribution in [2.45, 2.75) is 44.6 Å². The van der Waals surface area contributed by atoms with Gasteiger partial charge in [-0.25, -0.2) is 4.39 Å². The molecule has 2 N–H and O–H groups in total. The van der Waals surface area contributed by atoms with E-state index in [9.17, 15) is 4.39 Å². The third kappa shape index (κ3) is 3.31. The molecule has 1 atom stereocenters. The first-order valence-electron chi connectivity index (χ1n) is 7.45. The van der Waals surface area contributed by atoms with Crippen molar-refractivity contribution in [3.8, 4) is 0 Å². The molecule has 21 heavy (non-hydrogen) atoms. The maximum absolute atomic E-state index is 14.0. The highest BCUT2D eigenvalue weighted by Crippen LogP contribution is 2.33. The average Bonchev–Trinajstić information content (AvgIpc) is 2.75. The standard InChI is InChI=1S/C17H19ClFNS/c18-13-7-4-6-12(17(13)19)9-14(20)16-10-11-5-2-1-3-8-15(11)21-16/h4,6-7,10,14H,1-3,5,8-9,20H2. The number of aryl methyl sites for hydroxylation is 2. The summed E-state index contributed by atoms with van der Waals surface area (Å²) in [7, 11) is 0. The summed E-state index contributed by atoms with van der Waals surface area (Å²) in [5, 5.41) is 0.168. The normalized spacial score (nSPS) is 16.3. The summed E-state index contributed by atoms with van der Waals surface area (Å²) in [6.45, 7) is 0. The zero-order chi connectivity index (χ0) is 14.8. The van der Waals surface area contributed by atoms with E-state index in [0.717, 1.165) is 12.8 Å². The lowest BCUT2D eigenvalue weighted by Gasteiger charge is -2.11. The summed E-state index contributed by atoms with van der Waals surface area (Å²) in [6.07, 6.45) is 6.66. The van der Waals surface area contributed by atoms with Crippen molar-refractivity contribution in [3.05, 3.63) is 56.0 Å². The van der Waals surface area contributed by atoms with Crippen LogP contribution in [0.1, 0.15) is 46.2 Å². The summed E-state index contributed by atoms with van der Waals surface area (Å²) in [6, 6.07) is 7.18. The van der Waals surface area contributed by atoms with Gasteiger partial charge in [0.1, 0.15) is 5.82 Å². The van der Waals surface area contributed by atoms with Crippen LogP contribution in [0.2, 0.25) is 5.02 Å². The van der Waals surface area contributed by atoms with Gasteiger partial charge in [-0.05, 0) is 55.4 Å². The smallest absolute Gasteiger partial charge is 0.145 e. The predicted molar refractivity (Wildman–Crippen MR) is 87.6 cm³/mol. The highest BCUT2D eigenvalue weighted by Gasteiger charge is 2.18. The summed E-state index contributed by atoms with van der Waals surface area (Å²) < 4.78 is 14.0. The van der Waals surface area contributed by atoms with Crippen LogP contribution in [0.5, 0.6) is 0 Å². The van der Waals surface area contributed by atoms with Gasteiger partial charge in [-0.2, -0.15) is 0 Å². The Morgan fingerprint density at radius 1 is 1.24 bits per heavy atom. The number of rotatable bonds is 3. The van der Waals surface area contributed by atoms with Gasteiger partial charge < -0.3 is 5.73 Å². The maximum Gasteiger partial charge on any atom is 0.145 e. The van der Waals surface area contributed by atoms with Crippen molar-refractivity contribution in [2.75, 3.05) is 0 Å². The second-order valence-electron chi connectivity index (χ2n) is 5.68. The Bertz CT molecular complexity index is 614. The molecule has 0 amide bonds. The second kappa shape index (κ2) is 6.47. The number of halogens is 2. The van der Waals surface area contributed by atoms with Gasteiger partial charge in [0.2, 0.25) is 0 Å². The Kier molecular flexibility index (Phi) is 4.63. The molecule has 4 heteroatoms. The Hall–Kier alpha value is -0.900. The van der Waals surface area contributed by atoms with Crippen LogP contribution in [0.3, 0.4) is 0 Å². The van der Waals surface area contributed by atoms with Gasteiger partial charge in [-0.15, -0.1) is 11.3 Å². The summed E-state index contributed by atoms with van der Waals surface area (Å²) >= 11 is 7.64. The largest absolute Gasteiger partial charge is 0.323 e. The summed E-state index contributed by atoms with van der Waals surface area (Å²) in [5.41, 5.74) is 8.35. The molecular weight excluding hydrogens is 305 g/mol. The Morgan fingerprint density at radius 2 is 2.05 bits per heavy atom. The lowest BCUT2D eigenvalue weighted by molar-refractivity contribution is 0.595. The van der Waals surface area contributed by atoms with Crippen LogP contribution in [0.15, 0.2) is 24.3 Å². The molecule has 0 saturated heterocycles. The van der Waals surface area contributed by atoms with Crippen LogP contribution in [-0.4, -0.2) is 0 Å². The Balaban J connectivity index is 1.79. The first-order chi connectivity index (χ1) is 10.1. The molecule has 1 aliphatic rings. The van der Waals surface area contributed by atoms with E-state index in [0.29, 0.717) is 12.0 Å². The molecule has 3 rings (SSSR count). The molecule has 1 aromatic carbocycles. The van der Waals surface area contributed by atoms with Crippen LogP contribution in [0, 0.1) is 5.82 Å². The van der Waals surface area contributed by atoms with Crippen LogP contribution >= 0.6 is 22.9 Å². The van der Waals surface area contributed by atoms with Crippen molar-refractivity contribution < 1.29 is 4.39 Å². The number of fused-ring (bicyclic) bond motifs is 1. The van der Waals surface area contributed by atoms with E-state index in [1.807, 2.05) is 0 Å². The fraction of sp³-hybridized carbons (Fsp3) is 0.412. The van der Waals surface area contributed by atoms with Crippen LogP contribution < -0.4 is 5.73 Å². The molecule has 1 unspecified atom stereocenters. The van der Waals surface area contributed by atoms with E-state index in [1.54, 1.807) is 29.5 Å². The molecule has 112 valence electrons. The van der Waals surface area contributed by atoms with Gasteiger partial charge >= 0.3 is 0 Å². The monoisotopic (exact) mass is 323 g/mol. The van der Waals surface area contributed by atoms with E-state index < -0.39 is 0 Å². The van der Waals surface area contributed by atoms with Gasteiger partial charge in [-0.3, -0.25) is 0 Å². The minimum Gasteiger partial charge on any atom is -0.323 e. The van der Waals surface area contributed by atoms with Crippen molar-refractivity contribution >= 4 is 22.9 Å². The molecule has 1 nitrogen and oxygen atoms in total. The summed E-state index contributed by atoms with van der Waals surface area (Å²) in [4.78, 5) is 2.64. The quantitative estimate of drug-likeness (QED) is 0.786. The topological polar surface area (TPSA) is 26.0 Å².